The number of rotatable bonds is 3. The first-order valence-corrected chi connectivity index (χ1v) is 8.63. The molecule has 0 aromatic rings. The van der Waals surface area contributed by atoms with E-state index in [4.69, 9.17) is 18.9 Å². The molecule has 1 saturated heterocycles. The lowest BCUT2D eigenvalue weighted by Gasteiger charge is -2.51. The summed E-state index contributed by atoms with van der Waals surface area (Å²) in [6.07, 6.45) is 3.33. The van der Waals surface area contributed by atoms with Crippen LogP contribution in [0.5, 0.6) is 0 Å². The molecule has 7 nitrogen and oxygen atoms in total. The fourth-order valence-corrected chi connectivity index (χ4v) is 4.51. The summed E-state index contributed by atoms with van der Waals surface area (Å²) in [7, 11) is 1.31. The van der Waals surface area contributed by atoms with E-state index in [1.165, 1.54) is 14.0 Å². The van der Waals surface area contributed by atoms with Crippen molar-refractivity contribution in [2.75, 3.05) is 13.7 Å². The zero-order valence-corrected chi connectivity index (χ0v) is 15.1. The van der Waals surface area contributed by atoms with Gasteiger partial charge in [0.15, 0.2) is 5.79 Å². The number of aliphatic hydroxyl groups is 1. The second-order valence-electron chi connectivity index (χ2n) is 7.62. The fourth-order valence-electron chi connectivity index (χ4n) is 4.51. The number of esters is 2. The molecule has 1 heterocycles. The Balaban J connectivity index is 2.02. The van der Waals surface area contributed by atoms with Gasteiger partial charge in [0.1, 0.15) is 12.7 Å². The van der Waals surface area contributed by atoms with Crippen molar-refractivity contribution in [2.24, 2.45) is 17.3 Å². The van der Waals surface area contributed by atoms with Gasteiger partial charge in [0.05, 0.1) is 25.2 Å². The molecule has 1 saturated carbocycles. The monoisotopic (exact) mass is 354 g/mol. The van der Waals surface area contributed by atoms with E-state index in [-0.39, 0.29) is 18.7 Å². The molecule has 2 aliphatic carbocycles. The number of hydrogen-bond acceptors (Lipinski definition) is 7. The lowest BCUT2D eigenvalue weighted by atomic mass is 9.56. The van der Waals surface area contributed by atoms with Gasteiger partial charge in [-0.1, -0.05) is 12.2 Å². The van der Waals surface area contributed by atoms with Crippen LogP contribution < -0.4 is 0 Å². The van der Waals surface area contributed by atoms with E-state index >= 15 is 0 Å². The Morgan fingerprint density at radius 1 is 1.32 bits per heavy atom. The number of carbonyl (C=O) groups excluding carboxylic acids is 2. The van der Waals surface area contributed by atoms with Crippen molar-refractivity contribution in [1.29, 1.82) is 0 Å². The lowest BCUT2D eigenvalue weighted by Crippen LogP contribution is -2.58. The summed E-state index contributed by atoms with van der Waals surface area (Å²) < 4.78 is 22.3. The summed E-state index contributed by atoms with van der Waals surface area (Å²) in [5, 5.41) is 10.5. The normalized spacial score (nSPS) is 41.6. The van der Waals surface area contributed by atoms with Crippen LogP contribution in [0, 0.1) is 17.3 Å². The van der Waals surface area contributed by atoms with Gasteiger partial charge in [-0.15, -0.1) is 0 Å². The standard InChI is InChI=1S/C18H26O7/c1-10(19)23-9-18-7-5-11(20)13(16(21)22-4)14(18)15-12(6-8-18)24-17(2,3)25-15/h6,8,11-15,20H,5,7,9H2,1-4H3/t11-,12+,13?,14+,15+,18+/m0/s1. The molecule has 0 radical (unpaired) electrons. The molecular formula is C18H26O7. The Labute approximate surface area is 147 Å². The van der Waals surface area contributed by atoms with E-state index in [1.807, 2.05) is 26.0 Å². The Bertz CT molecular complexity index is 584. The van der Waals surface area contributed by atoms with Gasteiger partial charge < -0.3 is 24.1 Å². The van der Waals surface area contributed by atoms with Crippen LogP contribution in [0.25, 0.3) is 0 Å². The average molecular weight is 354 g/mol. The molecule has 1 unspecified atom stereocenters. The topological polar surface area (TPSA) is 91.3 Å². The van der Waals surface area contributed by atoms with E-state index in [0.29, 0.717) is 12.8 Å². The summed E-state index contributed by atoms with van der Waals surface area (Å²) in [6.45, 7) is 5.13. The smallest absolute Gasteiger partial charge is 0.311 e. The molecule has 3 rings (SSSR count). The van der Waals surface area contributed by atoms with E-state index in [1.54, 1.807) is 0 Å². The van der Waals surface area contributed by atoms with Crippen LogP contribution in [0.1, 0.15) is 33.6 Å². The third-order valence-electron chi connectivity index (χ3n) is 5.52. The molecule has 2 fully saturated rings. The highest BCUT2D eigenvalue weighted by Crippen LogP contribution is 2.54. The van der Waals surface area contributed by atoms with Gasteiger partial charge in [0.2, 0.25) is 0 Å². The zero-order valence-electron chi connectivity index (χ0n) is 15.1. The number of fused-ring (bicyclic) bond motifs is 3. The van der Waals surface area contributed by atoms with E-state index < -0.39 is 41.2 Å². The predicted octanol–water partition coefficient (Wildman–Crippen LogP) is 1.19. The Morgan fingerprint density at radius 2 is 2.04 bits per heavy atom. The van der Waals surface area contributed by atoms with Crippen LogP contribution in [0.4, 0.5) is 0 Å². The summed E-state index contributed by atoms with van der Waals surface area (Å²) in [5.74, 6) is -2.82. The number of methoxy groups -OCH3 is 1. The Kier molecular flexibility index (Phi) is 4.68. The van der Waals surface area contributed by atoms with Crippen molar-refractivity contribution in [3.63, 3.8) is 0 Å². The first-order valence-electron chi connectivity index (χ1n) is 8.63. The number of aliphatic hydroxyl groups excluding tert-OH is 1. The van der Waals surface area contributed by atoms with Gasteiger partial charge in [-0.2, -0.15) is 0 Å². The molecule has 0 aromatic carbocycles. The number of ether oxygens (including phenoxy) is 4. The summed E-state index contributed by atoms with van der Waals surface area (Å²) >= 11 is 0. The molecule has 0 aromatic heterocycles. The summed E-state index contributed by atoms with van der Waals surface area (Å²) in [5.41, 5.74) is -0.589. The maximum Gasteiger partial charge on any atom is 0.311 e. The molecule has 3 aliphatic rings. The van der Waals surface area contributed by atoms with Crippen molar-refractivity contribution in [3.8, 4) is 0 Å². The summed E-state index contributed by atoms with van der Waals surface area (Å²) in [6, 6.07) is 0. The molecule has 25 heavy (non-hydrogen) atoms. The quantitative estimate of drug-likeness (QED) is 0.601. The maximum atomic E-state index is 12.5. The van der Waals surface area contributed by atoms with E-state index in [9.17, 15) is 14.7 Å². The van der Waals surface area contributed by atoms with Gasteiger partial charge in [-0.3, -0.25) is 9.59 Å². The minimum Gasteiger partial charge on any atom is -0.469 e. The average Bonchev–Trinajstić information content (AvgIpc) is 2.87. The fraction of sp³-hybridized carbons (Fsp3) is 0.778. The van der Waals surface area contributed by atoms with Crippen molar-refractivity contribution < 1.29 is 33.6 Å². The van der Waals surface area contributed by atoms with Gasteiger partial charge in [0.25, 0.3) is 0 Å². The molecule has 0 bridgehead atoms. The molecule has 0 spiro atoms. The highest BCUT2D eigenvalue weighted by Gasteiger charge is 2.61. The number of hydrogen-bond donors (Lipinski definition) is 1. The SMILES string of the molecule is COC(=O)C1[C@@H]2[C@@H]3OC(C)(C)O[C@@H]3C=C[C@@]2(COC(C)=O)CC[C@@H]1O. The van der Waals surface area contributed by atoms with Crippen LogP contribution in [-0.2, 0) is 28.5 Å². The van der Waals surface area contributed by atoms with Gasteiger partial charge in [-0.05, 0) is 26.7 Å². The van der Waals surface area contributed by atoms with Crippen molar-refractivity contribution >= 4 is 11.9 Å². The largest absolute Gasteiger partial charge is 0.469 e. The molecule has 140 valence electrons. The second kappa shape index (κ2) is 6.37. The van der Waals surface area contributed by atoms with Gasteiger partial charge in [-0.25, -0.2) is 0 Å². The molecule has 1 aliphatic heterocycles. The molecule has 0 amide bonds. The highest BCUT2D eigenvalue weighted by atomic mass is 16.8. The first-order chi connectivity index (χ1) is 11.7. The van der Waals surface area contributed by atoms with Gasteiger partial charge in [0, 0.05) is 18.3 Å². The predicted molar refractivity (Wildman–Crippen MR) is 86.3 cm³/mol. The zero-order chi connectivity index (χ0) is 18.4. The van der Waals surface area contributed by atoms with Crippen molar-refractivity contribution in [2.45, 2.75) is 57.7 Å². The third kappa shape index (κ3) is 3.20. The molecular weight excluding hydrogens is 328 g/mol. The Hall–Kier alpha value is -1.44. The molecule has 6 atom stereocenters. The second-order valence-corrected chi connectivity index (χ2v) is 7.62. The van der Waals surface area contributed by atoms with Gasteiger partial charge >= 0.3 is 11.9 Å². The number of carbonyl (C=O) groups is 2. The minimum atomic E-state index is -0.831. The summed E-state index contributed by atoms with van der Waals surface area (Å²) in [4.78, 5) is 23.8. The van der Waals surface area contributed by atoms with Crippen LogP contribution in [0.3, 0.4) is 0 Å². The highest BCUT2D eigenvalue weighted by molar-refractivity contribution is 5.74. The Morgan fingerprint density at radius 3 is 2.68 bits per heavy atom. The van der Waals surface area contributed by atoms with Crippen molar-refractivity contribution in [1.82, 2.24) is 0 Å². The molecule has 7 heteroatoms. The van der Waals surface area contributed by atoms with Crippen LogP contribution >= 0.6 is 0 Å². The maximum absolute atomic E-state index is 12.5. The van der Waals surface area contributed by atoms with Crippen LogP contribution in [0.2, 0.25) is 0 Å². The van der Waals surface area contributed by atoms with Crippen LogP contribution in [0.15, 0.2) is 12.2 Å². The third-order valence-corrected chi connectivity index (χ3v) is 5.52. The van der Waals surface area contributed by atoms with E-state index in [2.05, 4.69) is 0 Å². The van der Waals surface area contributed by atoms with Crippen molar-refractivity contribution in [3.05, 3.63) is 12.2 Å². The lowest BCUT2D eigenvalue weighted by molar-refractivity contribution is -0.185. The minimum absolute atomic E-state index is 0.136. The van der Waals surface area contributed by atoms with E-state index in [0.717, 1.165) is 0 Å². The first kappa shape index (κ1) is 18.4. The van der Waals surface area contributed by atoms with Crippen LogP contribution in [-0.4, -0.2) is 54.9 Å². The molecule has 1 N–H and O–H groups in total.